The summed E-state index contributed by atoms with van der Waals surface area (Å²) in [5.41, 5.74) is 3.15. The van der Waals surface area contributed by atoms with E-state index in [0.29, 0.717) is 12.0 Å². The molecule has 6 heteroatoms. The molecule has 2 heterocycles. The zero-order valence-electron chi connectivity index (χ0n) is 14.0. The monoisotopic (exact) mass is 397 g/mol. The molecule has 128 valence electrons. The highest BCUT2D eigenvalue weighted by Crippen LogP contribution is 2.25. The Bertz CT molecular complexity index is 881. The van der Waals surface area contributed by atoms with Crippen molar-refractivity contribution in [1.29, 1.82) is 0 Å². The van der Waals surface area contributed by atoms with Crippen LogP contribution in [0.2, 0.25) is 0 Å². The lowest BCUT2D eigenvalue weighted by atomic mass is 10.1. The minimum atomic E-state index is 0.509. The van der Waals surface area contributed by atoms with Crippen LogP contribution in [0.15, 0.2) is 53.1 Å². The van der Waals surface area contributed by atoms with Gasteiger partial charge in [0, 0.05) is 53.1 Å². The first-order chi connectivity index (χ1) is 12.2. The summed E-state index contributed by atoms with van der Waals surface area (Å²) < 4.78 is 1.01. The fourth-order valence-electron chi connectivity index (χ4n) is 3.17. The van der Waals surface area contributed by atoms with Crippen LogP contribution in [-0.2, 0) is 0 Å². The lowest BCUT2D eigenvalue weighted by Gasteiger charge is -2.36. The maximum Gasteiger partial charge on any atom is 0.227 e. The first-order valence-corrected chi connectivity index (χ1v) is 9.26. The quantitative estimate of drug-likeness (QED) is 0.700. The van der Waals surface area contributed by atoms with E-state index in [1.54, 1.807) is 0 Å². The molecule has 1 unspecified atom stereocenters. The SMILES string of the molecule is CC1CNCCN1c1ccc(Nc2ncc3c(Br)cccc3n2)cc1. The highest BCUT2D eigenvalue weighted by atomic mass is 79.9. The van der Waals surface area contributed by atoms with Crippen molar-refractivity contribution < 1.29 is 0 Å². The average molecular weight is 398 g/mol. The lowest BCUT2D eigenvalue weighted by Crippen LogP contribution is -2.49. The molecule has 0 saturated carbocycles. The van der Waals surface area contributed by atoms with Gasteiger partial charge in [0.2, 0.25) is 5.95 Å². The van der Waals surface area contributed by atoms with Crippen LogP contribution >= 0.6 is 15.9 Å². The first-order valence-electron chi connectivity index (χ1n) is 8.46. The second-order valence-electron chi connectivity index (χ2n) is 6.28. The maximum atomic E-state index is 4.58. The molecular formula is C19H20BrN5. The van der Waals surface area contributed by atoms with Crippen molar-refractivity contribution in [2.75, 3.05) is 29.9 Å². The van der Waals surface area contributed by atoms with E-state index in [1.807, 2.05) is 24.4 Å². The van der Waals surface area contributed by atoms with E-state index in [2.05, 4.69) is 72.6 Å². The third-order valence-electron chi connectivity index (χ3n) is 4.53. The number of piperazine rings is 1. The Hall–Kier alpha value is -2.18. The molecule has 1 aromatic heterocycles. The van der Waals surface area contributed by atoms with Gasteiger partial charge in [-0.05, 0) is 43.3 Å². The molecule has 0 amide bonds. The van der Waals surface area contributed by atoms with Crippen molar-refractivity contribution in [3.8, 4) is 0 Å². The van der Waals surface area contributed by atoms with Crippen LogP contribution in [0, 0.1) is 0 Å². The van der Waals surface area contributed by atoms with Gasteiger partial charge in [0.1, 0.15) is 0 Å². The highest BCUT2D eigenvalue weighted by molar-refractivity contribution is 9.10. The number of nitrogens with zero attached hydrogens (tertiary/aromatic N) is 3. The molecule has 0 bridgehead atoms. The lowest BCUT2D eigenvalue weighted by molar-refractivity contribution is 0.501. The average Bonchev–Trinajstić information content (AvgIpc) is 2.63. The molecule has 25 heavy (non-hydrogen) atoms. The molecule has 3 aromatic rings. The molecule has 0 aliphatic carbocycles. The third-order valence-corrected chi connectivity index (χ3v) is 5.22. The largest absolute Gasteiger partial charge is 0.366 e. The van der Waals surface area contributed by atoms with Crippen LogP contribution in [0.1, 0.15) is 6.92 Å². The van der Waals surface area contributed by atoms with Gasteiger partial charge in [-0.1, -0.05) is 22.0 Å². The second kappa shape index (κ2) is 6.98. The van der Waals surface area contributed by atoms with Crippen molar-refractivity contribution >= 4 is 44.2 Å². The van der Waals surface area contributed by atoms with E-state index < -0.39 is 0 Å². The van der Waals surface area contributed by atoms with E-state index in [1.165, 1.54) is 5.69 Å². The third kappa shape index (κ3) is 3.45. The Labute approximate surface area is 155 Å². The zero-order chi connectivity index (χ0) is 17.2. The summed E-state index contributed by atoms with van der Waals surface area (Å²) in [6.45, 7) is 5.35. The summed E-state index contributed by atoms with van der Waals surface area (Å²) in [5.74, 6) is 0.605. The summed E-state index contributed by atoms with van der Waals surface area (Å²) in [5, 5.41) is 7.72. The van der Waals surface area contributed by atoms with E-state index in [4.69, 9.17) is 0 Å². The van der Waals surface area contributed by atoms with Gasteiger partial charge in [-0.25, -0.2) is 9.97 Å². The van der Waals surface area contributed by atoms with E-state index in [9.17, 15) is 0 Å². The molecule has 2 aromatic carbocycles. The van der Waals surface area contributed by atoms with Crippen molar-refractivity contribution in [1.82, 2.24) is 15.3 Å². The number of halogens is 1. The minimum absolute atomic E-state index is 0.509. The predicted molar refractivity (Wildman–Crippen MR) is 107 cm³/mol. The summed E-state index contributed by atoms with van der Waals surface area (Å²) in [7, 11) is 0. The van der Waals surface area contributed by atoms with Gasteiger partial charge < -0.3 is 15.5 Å². The van der Waals surface area contributed by atoms with Crippen LogP contribution in [0.3, 0.4) is 0 Å². The summed E-state index contributed by atoms with van der Waals surface area (Å²) >= 11 is 3.53. The Balaban J connectivity index is 1.53. The molecule has 1 aliphatic rings. The Morgan fingerprint density at radius 2 is 2.04 bits per heavy atom. The number of anilines is 3. The summed E-state index contributed by atoms with van der Waals surface area (Å²) in [4.78, 5) is 11.4. The van der Waals surface area contributed by atoms with Crippen molar-refractivity contribution in [3.63, 3.8) is 0 Å². The normalized spacial score (nSPS) is 17.7. The molecule has 1 fully saturated rings. The number of aromatic nitrogens is 2. The predicted octanol–water partition coefficient (Wildman–Crippen LogP) is 3.93. The van der Waals surface area contributed by atoms with Gasteiger partial charge in [-0.3, -0.25) is 0 Å². The summed E-state index contributed by atoms with van der Waals surface area (Å²) in [6, 6.07) is 14.9. The fraction of sp³-hybridized carbons (Fsp3) is 0.263. The topological polar surface area (TPSA) is 53.1 Å². The molecule has 5 nitrogen and oxygen atoms in total. The molecule has 0 radical (unpaired) electrons. The maximum absolute atomic E-state index is 4.58. The fourth-order valence-corrected chi connectivity index (χ4v) is 3.63. The zero-order valence-corrected chi connectivity index (χ0v) is 15.6. The number of rotatable bonds is 3. The minimum Gasteiger partial charge on any atom is -0.366 e. The molecule has 2 N–H and O–H groups in total. The van der Waals surface area contributed by atoms with E-state index in [0.717, 1.165) is 40.7 Å². The molecule has 1 saturated heterocycles. The van der Waals surface area contributed by atoms with Crippen LogP contribution < -0.4 is 15.5 Å². The van der Waals surface area contributed by atoms with Crippen molar-refractivity contribution in [2.24, 2.45) is 0 Å². The van der Waals surface area contributed by atoms with E-state index >= 15 is 0 Å². The second-order valence-corrected chi connectivity index (χ2v) is 7.14. The number of fused-ring (bicyclic) bond motifs is 1. The molecule has 1 atom stereocenters. The molecular weight excluding hydrogens is 378 g/mol. The van der Waals surface area contributed by atoms with Gasteiger partial charge in [0.25, 0.3) is 0 Å². The van der Waals surface area contributed by atoms with Gasteiger partial charge in [0.05, 0.1) is 5.52 Å². The van der Waals surface area contributed by atoms with Crippen LogP contribution in [0.5, 0.6) is 0 Å². The summed E-state index contributed by atoms with van der Waals surface area (Å²) in [6.07, 6.45) is 1.84. The Morgan fingerprint density at radius 3 is 2.84 bits per heavy atom. The van der Waals surface area contributed by atoms with E-state index in [-0.39, 0.29) is 0 Å². The van der Waals surface area contributed by atoms with Crippen LogP contribution in [0.4, 0.5) is 17.3 Å². The van der Waals surface area contributed by atoms with Crippen LogP contribution in [-0.4, -0.2) is 35.6 Å². The van der Waals surface area contributed by atoms with Gasteiger partial charge in [-0.15, -0.1) is 0 Å². The number of nitrogens with one attached hydrogen (secondary N) is 2. The Kier molecular flexibility index (Phi) is 4.55. The van der Waals surface area contributed by atoms with Crippen molar-refractivity contribution in [2.45, 2.75) is 13.0 Å². The van der Waals surface area contributed by atoms with Gasteiger partial charge >= 0.3 is 0 Å². The highest BCUT2D eigenvalue weighted by Gasteiger charge is 2.17. The molecule has 1 aliphatic heterocycles. The molecule has 0 spiro atoms. The number of benzene rings is 2. The molecule has 4 rings (SSSR count). The number of hydrogen-bond donors (Lipinski definition) is 2. The first kappa shape index (κ1) is 16.3. The number of hydrogen-bond acceptors (Lipinski definition) is 5. The van der Waals surface area contributed by atoms with Gasteiger partial charge in [-0.2, -0.15) is 0 Å². The smallest absolute Gasteiger partial charge is 0.227 e. The van der Waals surface area contributed by atoms with Crippen LogP contribution in [0.25, 0.3) is 10.9 Å². The standard InChI is InChI=1S/C19H20BrN5/c1-13-11-21-9-10-25(13)15-7-5-14(6-8-15)23-19-22-12-16-17(20)3-2-4-18(16)24-19/h2-8,12-13,21H,9-11H2,1H3,(H,22,23,24). The van der Waals surface area contributed by atoms with Crippen molar-refractivity contribution in [3.05, 3.63) is 53.1 Å². The van der Waals surface area contributed by atoms with Gasteiger partial charge in [0.15, 0.2) is 0 Å². The Morgan fingerprint density at radius 1 is 1.20 bits per heavy atom.